The summed E-state index contributed by atoms with van der Waals surface area (Å²) in [6, 6.07) is 0. The fourth-order valence-corrected chi connectivity index (χ4v) is 0. The van der Waals surface area contributed by atoms with E-state index in [1.165, 1.54) is 6.15 Å². The van der Waals surface area contributed by atoms with Gasteiger partial charge in [0.05, 0.1) is 0 Å². The van der Waals surface area contributed by atoms with E-state index in [0.717, 1.165) is 0 Å². The van der Waals surface area contributed by atoms with E-state index in [0.29, 0.717) is 0 Å². The van der Waals surface area contributed by atoms with Crippen LogP contribution in [-0.4, -0.2) is 13.6 Å². The third-order valence-corrected chi connectivity index (χ3v) is 0.289. The van der Waals surface area contributed by atoms with Crippen molar-refractivity contribution >= 4 is 23.1 Å². The Morgan fingerprint density at radius 2 is 2.25 bits per heavy atom. The number of rotatable bonds is 1. The van der Waals surface area contributed by atoms with Crippen LogP contribution in [0.15, 0.2) is 0 Å². The second kappa shape index (κ2) is 3.16. The molecule has 0 N–H and O–H groups in total. The summed E-state index contributed by atoms with van der Waals surface area (Å²) >= 11 is 0. The molecule has 0 fully saturated rings. The maximum absolute atomic E-state index is 4.22. The minimum atomic E-state index is 1.34. The summed E-state index contributed by atoms with van der Waals surface area (Å²) in [5, 5.41) is 0. The van der Waals surface area contributed by atoms with Gasteiger partial charge in [-0.25, -0.2) is 0 Å². The zero-order chi connectivity index (χ0) is 3.41. The zero-order valence-corrected chi connectivity index (χ0v) is 3.42. The average molecular weight is 73.8 g/mol. The van der Waals surface area contributed by atoms with Crippen molar-refractivity contribution in [1.82, 2.24) is 0 Å². The summed E-state index contributed by atoms with van der Waals surface area (Å²) in [4.78, 5) is 0. The predicted octanol–water partition coefficient (Wildman–Crippen LogP) is -0.546. The monoisotopic (exact) mass is 74.0 g/mol. The molecule has 0 aliphatic rings. The Labute approximate surface area is 28.7 Å². The van der Waals surface area contributed by atoms with Gasteiger partial charge in [0.25, 0.3) is 0 Å². The fraction of sp³-hybridized carbons (Fsp3) is 0. The number of hydrogen-bond acceptors (Lipinski definition) is 1. The summed E-state index contributed by atoms with van der Waals surface area (Å²) in [7, 11) is 5.27. The van der Waals surface area contributed by atoms with Crippen molar-refractivity contribution in [2.45, 2.75) is 0 Å². The molecule has 22 valence electrons. The van der Waals surface area contributed by atoms with Gasteiger partial charge >= 0.3 is 27.6 Å². The van der Waals surface area contributed by atoms with Crippen LogP contribution in [0.5, 0.6) is 0 Å². The van der Waals surface area contributed by atoms with Crippen molar-refractivity contribution in [2.75, 3.05) is 0 Å². The van der Waals surface area contributed by atoms with Crippen molar-refractivity contribution < 1.29 is 4.52 Å². The summed E-state index contributed by atoms with van der Waals surface area (Å²) < 4.78 is 4.22. The molecule has 4 heavy (non-hydrogen) atoms. The summed E-state index contributed by atoms with van der Waals surface area (Å²) in [6.45, 7) is 0. The first kappa shape index (κ1) is 4.16. The van der Waals surface area contributed by atoms with E-state index in [1.54, 1.807) is 0 Å². The SMILES string of the molecule is B=COP. The van der Waals surface area contributed by atoms with Crippen LogP contribution < -0.4 is 0 Å². The van der Waals surface area contributed by atoms with Gasteiger partial charge in [0, 0.05) is 0 Å². The molecular weight excluding hydrogens is 69.8 g/mol. The normalized spacial score (nSPS) is 5.00. The van der Waals surface area contributed by atoms with Gasteiger partial charge < -0.3 is 0 Å². The van der Waals surface area contributed by atoms with Crippen molar-refractivity contribution in [1.29, 1.82) is 0 Å². The van der Waals surface area contributed by atoms with Crippen LogP contribution in [0, 0.1) is 0 Å². The minimum absolute atomic E-state index is 1.34. The van der Waals surface area contributed by atoms with E-state index < -0.39 is 0 Å². The van der Waals surface area contributed by atoms with E-state index in [1.807, 2.05) is 9.47 Å². The summed E-state index contributed by atoms with van der Waals surface area (Å²) in [5.41, 5.74) is 0. The maximum atomic E-state index is 4.22. The Balaban J connectivity index is 2.30. The Kier molecular flexibility index (Phi) is 3.30. The van der Waals surface area contributed by atoms with Crippen molar-refractivity contribution in [2.24, 2.45) is 0 Å². The Bertz CT molecular complexity index is 22.0. The van der Waals surface area contributed by atoms with Gasteiger partial charge in [-0.05, 0) is 0 Å². The van der Waals surface area contributed by atoms with Gasteiger partial charge in [0.1, 0.15) is 0 Å². The van der Waals surface area contributed by atoms with Gasteiger partial charge in [-0.3, -0.25) is 0 Å². The molecule has 0 aromatic carbocycles. The van der Waals surface area contributed by atoms with Crippen LogP contribution in [0.2, 0.25) is 0 Å². The molecule has 0 aliphatic heterocycles. The molecule has 0 heterocycles. The molecule has 0 bridgehead atoms. The predicted molar refractivity (Wildman–Crippen MR) is 24.0 cm³/mol. The van der Waals surface area contributed by atoms with Crippen molar-refractivity contribution in [3.8, 4) is 0 Å². The topological polar surface area (TPSA) is 9.23 Å². The molecular formula is CH4BOP. The van der Waals surface area contributed by atoms with E-state index in [4.69, 9.17) is 0 Å². The molecule has 0 saturated heterocycles. The average Bonchev–Trinajstić information content (AvgIpc) is 1.37. The molecule has 0 aliphatic carbocycles. The van der Waals surface area contributed by atoms with E-state index in [-0.39, 0.29) is 0 Å². The van der Waals surface area contributed by atoms with E-state index >= 15 is 0 Å². The van der Waals surface area contributed by atoms with Gasteiger partial charge in [-0.15, -0.1) is 0 Å². The molecule has 0 rings (SSSR count). The third kappa shape index (κ3) is 2.16. The first-order valence-corrected chi connectivity index (χ1v) is 1.35. The molecule has 1 nitrogen and oxygen atoms in total. The molecule has 0 saturated carbocycles. The molecule has 1 unspecified atom stereocenters. The summed E-state index contributed by atoms with van der Waals surface area (Å²) in [5.74, 6) is 0. The molecule has 0 radical (unpaired) electrons. The van der Waals surface area contributed by atoms with Gasteiger partial charge in [-0.2, -0.15) is 0 Å². The second-order valence-electron chi connectivity index (χ2n) is 0.303. The van der Waals surface area contributed by atoms with Crippen LogP contribution in [0.3, 0.4) is 0 Å². The summed E-state index contributed by atoms with van der Waals surface area (Å²) in [6.07, 6.45) is 1.34. The van der Waals surface area contributed by atoms with Gasteiger partial charge in [-0.1, -0.05) is 0 Å². The molecule has 3 heteroatoms. The molecule has 0 amide bonds. The molecule has 0 aromatic rings. The van der Waals surface area contributed by atoms with Gasteiger partial charge in [0.15, 0.2) is 0 Å². The quantitative estimate of drug-likeness (QED) is 0.299. The van der Waals surface area contributed by atoms with E-state index in [2.05, 4.69) is 12.0 Å². The zero-order valence-electron chi connectivity index (χ0n) is 2.27. The molecule has 0 aromatic heterocycles. The van der Waals surface area contributed by atoms with Crippen molar-refractivity contribution in [3.63, 3.8) is 0 Å². The van der Waals surface area contributed by atoms with E-state index in [9.17, 15) is 0 Å². The van der Waals surface area contributed by atoms with Crippen LogP contribution in [0.25, 0.3) is 0 Å². The second-order valence-corrected chi connectivity index (χ2v) is 0.575. The standard InChI is InChI=1S/CH4BOP/c2-1-3-4/h1-2H,4H2. The Morgan fingerprint density at radius 3 is 2.25 bits per heavy atom. The van der Waals surface area contributed by atoms with Crippen molar-refractivity contribution in [3.05, 3.63) is 0 Å². The Hall–Kier alpha value is 0.165. The Morgan fingerprint density at radius 1 is 2.00 bits per heavy atom. The van der Waals surface area contributed by atoms with Gasteiger partial charge in [0.2, 0.25) is 0 Å². The first-order chi connectivity index (χ1) is 1.91. The van der Waals surface area contributed by atoms with Crippen LogP contribution in [0.4, 0.5) is 0 Å². The first-order valence-electron chi connectivity index (χ1n) is 0.880. The van der Waals surface area contributed by atoms with Crippen LogP contribution in [-0.2, 0) is 4.52 Å². The number of hydrogen-bond donors (Lipinski definition) is 0. The van der Waals surface area contributed by atoms with Crippen LogP contribution >= 0.6 is 9.47 Å². The fourth-order valence-electron chi connectivity index (χ4n) is 0. The molecule has 1 atom stereocenters. The third-order valence-electron chi connectivity index (χ3n) is 0.0962. The van der Waals surface area contributed by atoms with Crippen LogP contribution in [0.1, 0.15) is 0 Å². The molecule has 0 spiro atoms.